The number of carboxylic acids is 1. The van der Waals surface area contributed by atoms with Gasteiger partial charge in [-0.3, -0.25) is 9.59 Å². The summed E-state index contributed by atoms with van der Waals surface area (Å²) in [6, 6.07) is 0. The number of quaternary nitrogens is 1. The first kappa shape index (κ1) is 81.5. The van der Waals surface area contributed by atoms with E-state index in [0.29, 0.717) is 17.4 Å². The first-order valence-electron chi connectivity index (χ1n) is 36.6. The van der Waals surface area contributed by atoms with E-state index in [1.54, 1.807) is 0 Å². The predicted octanol–water partition coefficient (Wildman–Crippen LogP) is 21.4. The summed E-state index contributed by atoms with van der Waals surface area (Å²) in [6.45, 7) is 4.81. The summed E-state index contributed by atoms with van der Waals surface area (Å²) in [5, 5.41) is 11.8. The topological polar surface area (TPSA) is 111 Å². The monoisotopic (exact) mass is 1180 g/mol. The van der Waals surface area contributed by atoms with Crippen LogP contribution in [0.15, 0.2) is 36.5 Å². The zero-order chi connectivity index (χ0) is 61.2. The molecule has 84 heavy (non-hydrogen) atoms. The van der Waals surface area contributed by atoms with Gasteiger partial charge in [-0.1, -0.05) is 339 Å². The molecule has 2 unspecified atom stereocenters. The molecule has 0 aliphatic rings. The highest BCUT2D eigenvalue weighted by molar-refractivity contribution is 5.70. The standard InChI is InChI=1S/C75H141NO8/c1-6-8-10-12-14-16-18-20-22-24-26-28-30-32-34-35-36-37-38-39-40-42-44-46-48-50-52-54-56-58-60-62-64-66-73(78)84-71(70-83-75(74(79)80)81-68-67-76(3,4)5)69-82-72(77)65-63-61-59-57-55-53-51-49-47-45-43-41-33-31-29-27-25-23-21-19-17-15-13-11-9-7-2/h18,20,24,26,30,32,71,75H,6-17,19,21-23,25,27-29,31,33-70H2,1-5H3/b20-18-,26-24-,32-30-. The molecule has 0 aromatic rings. The molecule has 0 radical (unpaired) electrons. The molecule has 0 aromatic heterocycles. The molecule has 0 spiro atoms. The van der Waals surface area contributed by atoms with Crippen molar-refractivity contribution in [2.24, 2.45) is 0 Å². The van der Waals surface area contributed by atoms with Crippen LogP contribution in [0, 0.1) is 0 Å². The van der Waals surface area contributed by atoms with Gasteiger partial charge in [-0.2, -0.15) is 0 Å². The summed E-state index contributed by atoms with van der Waals surface area (Å²) in [4.78, 5) is 37.5. The lowest BCUT2D eigenvalue weighted by molar-refractivity contribution is -0.870. The third-order valence-corrected chi connectivity index (χ3v) is 16.6. The second-order valence-electron chi connectivity index (χ2n) is 26.2. The van der Waals surface area contributed by atoms with Crippen molar-refractivity contribution in [3.8, 4) is 0 Å². The van der Waals surface area contributed by atoms with Crippen LogP contribution < -0.4 is 5.11 Å². The molecule has 0 amide bonds. The van der Waals surface area contributed by atoms with E-state index in [0.717, 1.165) is 51.4 Å². The number of carbonyl (C=O) groups excluding carboxylic acids is 3. The SMILES string of the molecule is CCCCCCC/C=C\C/C=C\C/C=C\CCCCCCCCCCCCCCCCCCCCC(=O)OC(COC(=O)CCCCCCCCCCCCCCCCCCCCCCCCCCCC)COC(OCC[N+](C)(C)C)C(=O)[O-]. The molecule has 0 saturated heterocycles. The fraction of sp³-hybridized carbons (Fsp3) is 0.880. The van der Waals surface area contributed by atoms with Crippen molar-refractivity contribution in [2.45, 2.75) is 379 Å². The van der Waals surface area contributed by atoms with Gasteiger partial charge in [0.2, 0.25) is 0 Å². The second kappa shape index (κ2) is 66.5. The fourth-order valence-corrected chi connectivity index (χ4v) is 11.0. The van der Waals surface area contributed by atoms with Crippen LogP contribution >= 0.6 is 0 Å². The summed E-state index contributed by atoms with van der Waals surface area (Å²) in [5.74, 6) is -2.25. The van der Waals surface area contributed by atoms with Crippen LogP contribution in [0.3, 0.4) is 0 Å². The molecular formula is C75H141NO8. The molecular weight excluding hydrogens is 1040 g/mol. The highest BCUT2D eigenvalue weighted by Crippen LogP contribution is 2.19. The molecule has 0 N–H and O–H groups in total. The van der Waals surface area contributed by atoms with Crippen molar-refractivity contribution in [1.82, 2.24) is 0 Å². The molecule has 0 fully saturated rings. The molecule has 0 bridgehead atoms. The Balaban J connectivity index is 4.04. The van der Waals surface area contributed by atoms with E-state index in [1.165, 1.54) is 289 Å². The lowest BCUT2D eigenvalue weighted by atomic mass is 10.0. The Bertz CT molecular complexity index is 1470. The molecule has 9 nitrogen and oxygen atoms in total. The summed E-state index contributed by atoms with van der Waals surface area (Å²) in [7, 11) is 5.95. The van der Waals surface area contributed by atoms with E-state index in [2.05, 4.69) is 50.3 Å². The number of ether oxygens (including phenoxy) is 4. The van der Waals surface area contributed by atoms with Gasteiger partial charge in [-0.25, -0.2) is 0 Å². The number of carbonyl (C=O) groups is 3. The van der Waals surface area contributed by atoms with Crippen molar-refractivity contribution in [3.63, 3.8) is 0 Å². The van der Waals surface area contributed by atoms with Gasteiger partial charge >= 0.3 is 11.9 Å². The first-order valence-corrected chi connectivity index (χ1v) is 36.6. The first-order chi connectivity index (χ1) is 41.1. The van der Waals surface area contributed by atoms with Crippen molar-refractivity contribution < 1.29 is 42.9 Å². The zero-order valence-electron chi connectivity index (χ0n) is 56.6. The smallest absolute Gasteiger partial charge is 0.306 e. The zero-order valence-corrected chi connectivity index (χ0v) is 56.6. The lowest BCUT2D eigenvalue weighted by Gasteiger charge is -2.26. The van der Waals surface area contributed by atoms with E-state index in [-0.39, 0.29) is 32.2 Å². The number of nitrogens with zero attached hydrogens (tertiary/aromatic N) is 1. The average molecular weight is 1180 g/mol. The summed E-state index contributed by atoms with van der Waals surface area (Å²) >= 11 is 0. The van der Waals surface area contributed by atoms with Gasteiger partial charge in [-0.15, -0.1) is 0 Å². The maximum absolute atomic E-state index is 12.9. The molecule has 0 saturated carbocycles. The van der Waals surface area contributed by atoms with Crippen LogP contribution in [-0.4, -0.2) is 82.3 Å². The molecule has 494 valence electrons. The number of aliphatic carboxylic acids is 1. The number of allylic oxidation sites excluding steroid dienone is 6. The van der Waals surface area contributed by atoms with Gasteiger partial charge in [0.15, 0.2) is 12.4 Å². The number of hydrogen-bond donors (Lipinski definition) is 0. The van der Waals surface area contributed by atoms with E-state index < -0.39 is 24.3 Å². The number of hydrogen-bond acceptors (Lipinski definition) is 8. The molecule has 0 aliphatic heterocycles. The Morgan fingerprint density at radius 2 is 0.643 bits per heavy atom. The average Bonchev–Trinajstić information content (AvgIpc) is 3.51. The quantitative estimate of drug-likeness (QED) is 0.0195. The van der Waals surface area contributed by atoms with Crippen LogP contribution in [0.25, 0.3) is 0 Å². The Morgan fingerprint density at radius 1 is 0.357 bits per heavy atom. The van der Waals surface area contributed by atoms with Crippen LogP contribution in [0.1, 0.15) is 367 Å². The third kappa shape index (κ3) is 67.0. The molecule has 0 aromatic carbocycles. The Kier molecular flexibility index (Phi) is 64.5. The molecule has 9 heteroatoms. The van der Waals surface area contributed by atoms with Gasteiger partial charge in [0.25, 0.3) is 0 Å². The third-order valence-electron chi connectivity index (χ3n) is 16.6. The van der Waals surface area contributed by atoms with Crippen LogP contribution in [-0.2, 0) is 33.3 Å². The minimum atomic E-state index is -1.62. The van der Waals surface area contributed by atoms with Crippen LogP contribution in [0.5, 0.6) is 0 Å². The Morgan fingerprint density at radius 3 is 0.952 bits per heavy atom. The largest absolute Gasteiger partial charge is 0.545 e. The number of unbranched alkanes of at least 4 members (excludes halogenated alkanes) is 48. The van der Waals surface area contributed by atoms with Crippen LogP contribution in [0.2, 0.25) is 0 Å². The van der Waals surface area contributed by atoms with Gasteiger partial charge in [0, 0.05) is 12.8 Å². The second-order valence-corrected chi connectivity index (χ2v) is 26.2. The summed E-state index contributed by atoms with van der Waals surface area (Å²) in [6.07, 6.45) is 81.0. The highest BCUT2D eigenvalue weighted by atomic mass is 16.7. The van der Waals surface area contributed by atoms with E-state index in [4.69, 9.17) is 18.9 Å². The van der Waals surface area contributed by atoms with E-state index >= 15 is 0 Å². The molecule has 0 rings (SSSR count). The van der Waals surface area contributed by atoms with Crippen molar-refractivity contribution >= 4 is 17.9 Å². The normalized spacial score (nSPS) is 12.8. The van der Waals surface area contributed by atoms with Gasteiger partial charge in [0.1, 0.15) is 13.2 Å². The number of likely N-dealkylation sites (N-methyl/N-ethyl adjacent to an activating group) is 1. The Hall–Kier alpha value is -2.49. The van der Waals surface area contributed by atoms with Crippen molar-refractivity contribution in [1.29, 1.82) is 0 Å². The highest BCUT2D eigenvalue weighted by Gasteiger charge is 2.22. The molecule has 2 atom stereocenters. The summed E-state index contributed by atoms with van der Waals surface area (Å²) < 4.78 is 22.8. The number of esters is 2. The minimum absolute atomic E-state index is 0.151. The van der Waals surface area contributed by atoms with E-state index in [1.807, 2.05) is 21.1 Å². The maximum atomic E-state index is 12.9. The Labute approximate surface area is 521 Å². The number of rotatable bonds is 69. The van der Waals surface area contributed by atoms with Gasteiger partial charge in [0.05, 0.1) is 40.3 Å². The van der Waals surface area contributed by atoms with Crippen LogP contribution in [0.4, 0.5) is 0 Å². The minimum Gasteiger partial charge on any atom is -0.545 e. The van der Waals surface area contributed by atoms with E-state index in [9.17, 15) is 19.5 Å². The molecule has 0 heterocycles. The fourth-order valence-electron chi connectivity index (χ4n) is 11.0. The lowest BCUT2D eigenvalue weighted by Crippen LogP contribution is -2.44. The maximum Gasteiger partial charge on any atom is 0.306 e. The predicted molar refractivity (Wildman–Crippen MR) is 357 cm³/mol. The summed E-state index contributed by atoms with van der Waals surface area (Å²) in [5.41, 5.74) is 0. The van der Waals surface area contributed by atoms with Gasteiger partial charge in [-0.05, 0) is 51.4 Å². The number of carboxylic acid groups (broad SMARTS) is 1. The van der Waals surface area contributed by atoms with Gasteiger partial charge < -0.3 is 33.3 Å². The van der Waals surface area contributed by atoms with Crippen molar-refractivity contribution in [3.05, 3.63) is 36.5 Å². The molecule has 0 aliphatic carbocycles. The van der Waals surface area contributed by atoms with Crippen molar-refractivity contribution in [2.75, 3.05) is 47.5 Å².